The van der Waals surface area contributed by atoms with Crippen LogP contribution >= 0.6 is 0 Å². The van der Waals surface area contributed by atoms with Crippen LogP contribution in [0.15, 0.2) is 34.5 Å². The zero-order valence-electron chi connectivity index (χ0n) is 26.9. The number of allylic oxidation sites excluding steroid dienone is 1. The second-order valence-electron chi connectivity index (χ2n) is 12.2. The molecule has 1 heterocycles. The fourth-order valence-electron chi connectivity index (χ4n) is 6.33. The summed E-state index contributed by atoms with van der Waals surface area (Å²) in [7, 11) is 0. The van der Waals surface area contributed by atoms with Crippen LogP contribution in [-0.2, 0) is 25.5 Å². The van der Waals surface area contributed by atoms with Crippen molar-refractivity contribution in [1.29, 1.82) is 0 Å². The molecule has 2 rings (SSSR count). The normalized spacial score (nSPS) is 17.1. The molecule has 1 aromatic rings. The number of hydrogen-bond acceptors (Lipinski definition) is 5. The Kier molecular flexibility index (Phi) is 16.7. The van der Waals surface area contributed by atoms with Crippen molar-refractivity contribution >= 4 is 18.2 Å². The van der Waals surface area contributed by atoms with Gasteiger partial charge in [0, 0.05) is 23.2 Å². The van der Waals surface area contributed by atoms with Crippen molar-refractivity contribution in [3.05, 3.63) is 46.2 Å². The molecule has 41 heavy (non-hydrogen) atoms. The van der Waals surface area contributed by atoms with Gasteiger partial charge in [-0.3, -0.25) is 9.79 Å². The van der Waals surface area contributed by atoms with Crippen LogP contribution in [0.1, 0.15) is 147 Å². The van der Waals surface area contributed by atoms with Gasteiger partial charge in [0.1, 0.15) is 0 Å². The lowest BCUT2D eigenvalue weighted by Crippen LogP contribution is -2.33. The number of benzene rings is 1. The second-order valence-corrected chi connectivity index (χ2v) is 12.2. The van der Waals surface area contributed by atoms with Gasteiger partial charge in [0.25, 0.3) is 6.47 Å². The Labute approximate surface area is 250 Å². The van der Waals surface area contributed by atoms with Gasteiger partial charge in [-0.2, -0.15) is 0 Å². The minimum atomic E-state index is -0.296. The molecule has 1 aliphatic heterocycles. The number of ether oxygens (including phenoxy) is 2. The number of carbonyl (C=O) groups excluding carboxylic acids is 2. The average Bonchev–Trinajstić information content (AvgIpc) is 2.92. The van der Waals surface area contributed by atoms with Gasteiger partial charge < -0.3 is 9.47 Å². The summed E-state index contributed by atoms with van der Waals surface area (Å²) in [5.74, 6) is -0.512. The first-order chi connectivity index (χ1) is 19.8. The molecule has 2 unspecified atom stereocenters. The summed E-state index contributed by atoms with van der Waals surface area (Å²) < 4.78 is 10.8. The highest BCUT2D eigenvalue weighted by atomic mass is 16.5. The van der Waals surface area contributed by atoms with Crippen LogP contribution in [0.5, 0.6) is 0 Å². The van der Waals surface area contributed by atoms with E-state index in [-0.39, 0.29) is 23.9 Å². The molecule has 1 aromatic carbocycles. The Morgan fingerprint density at radius 3 is 2.05 bits per heavy atom. The number of nitrogens with zero attached hydrogens (tertiary/aromatic N) is 1. The van der Waals surface area contributed by atoms with Crippen LogP contribution in [0.3, 0.4) is 0 Å². The Balaban J connectivity index is 2.07. The lowest BCUT2D eigenvalue weighted by Gasteiger charge is -2.35. The Morgan fingerprint density at radius 1 is 0.902 bits per heavy atom. The molecule has 0 fully saturated rings. The molecule has 1 aliphatic rings. The molecule has 0 saturated heterocycles. The van der Waals surface area contributed by atoms with Crippen LogP contribution < -0.4 is 0 Å². The largest absolute Gasteiger partial charge is 0.468 e. The van der Waals surface area contributed by atoms with E-state index in [1.54, 1.807) is 0 Å². The van der Waals surface area contributed by atoms with E-state index in [1.807, 2.05) is 27.7 Å². The Morgan fingerprint density at radius 2 is 1.49 bits per heavy atom. The predicted octanol–water partition coefficient (Wildman–Crippen LogP) is 9.59. The lowest BCUT2D eigenvalue weighted by molar-refractivity contribution is -0.143. The smallest absolute Gasteiger partial charge is 0.336 e. The van der Waals surface area contributed by atoms with Gasteiger partial charge in [-0.25, -0.2) is 4.79 Å². The van der Waals surface area contributed by atoms with Gasteiger partial charge >= 0.3 is 5.97 Å². The van der Waals surface area contributed by atoms with E-state index in [0.717, 1.165) is 24.3 Å². The third-order valence-corrected chi connectivity index (χ3v) is 8.44. The van der Waals surface area contributed by atoms with E-state index in [9.17, 15) is 9.59 Å². The molecule has 0 spiro atoms. The third-order valence-electron chi connectivity index (χ3n) is 8.44. The molecule has 0 amide bonds. The quantitative estimate of drug-likeness (QED) is 0.0843. The summed E-state index contributed by atoms with van der Waals surface area (Å²) in [6.45, 7) is 12.9. The second kappa shape index (κ2) is 19.6. The Hall–Kier alpha value is -2.43. The van der Waals surface area contributed by atoms with Gasteiger partial charge in [0.15, 0.2) is 0 Å². The van der Waals surface area contributed by atoms with Crippen molar-refractivity contribution in [1.82, 2.24) is 0 Å². The standard InChI is InChI=1S/C36H57NO4/c1-7-8-9-10-11-12-13-14-15-16-17-18-19-22-31-23-20-21-28(4)33(31)35-32(24-25-40-26-38)29(5)37-30(6)34(35)36(39)41-27(2)3/h20-21,23,26-27,32,35H,7-19,22,24-25H2,1-6H3. The van der Waals surface area contributed by atoms with Crippen LogP contribution in [0.4, 0.5) is 0 Å². The maximum Gasteiger partial charge on any atom is 0.336 e. The highest BCUT2D eigenvalue weighted by Crippen LogP contribution is 2.44. The fraction of sp³-hybridized carbons (Fsp3) is 0.694. The summed E-state index contributed by atoms with van der Waals surface area (Å²) >= 11 is 0. The van der Waals surface area contributed by atoms with Crippen molar-refractivity contribution in [3.8, 4) is 0 Å². The summed E-state index contributed by atoms with van der Waals surface area (Å²) in [5.41, 5.74) is 6.03. The number of carbonyl (C=O) groups is 2. The minimum Gasteiger partial charge on any atom is -0.468 e. The highest BCUT2D eigenvalue weighted by Gasteiger charge is 2.39. The third kappa shape index (κ3) is 11.8. The number of aliphatic imine (C=N–C) groups is 1. The van der Waals surface area contributed by atoms with E-state index >= 15 is 0 Å². The average molecular weight is 568 g/mol. The summed E-state index contributed by atoms with van der Waals surface area (Å²) in [6.07, 6.45) is 18.8. The molecule has 0 N–H and O–H groups in total. The van der Waals surface area contributed by atoms with Crippen molar-refractivity contribution in [2.45, 2.75) is 150 Å². The van der Waals surface area contributed by atoms with Gasteiger partial charge in [0.05, 0.1) is 18.3 Å². The van der Waals surface area contributed by atoms with Crippen molar-refractivity contribution in [2.75, 3.05) is 6.61 Å². The van der Waals surface area contributed by atoms with E-state index in [2.05, 4.69) is 32.0 Å². The number of unbranched alkanes of at least 4 members (excludes halogenated alkanes) is 12. The SMILES string of the molecule is CCCCCCCCCCCCCCCc1cccc(C)c1C1C(C(=O)OC(C)C)=C(C)N=C(C)C1CCOC=O. The van der Waals surface area contributed by atoms with Gasteiger partial charge in [-0.05, 0) is 70.6 Å². The van der Waals surface area contributed by atoms with E-state index in [1.165, 1.54) is 93.7 Å². The van der Waals surface area contributed by atoms with Crippen molar-refractivity contribution in [3.63, 3.8) is 0 Å². The maximum absolute atomic E-state index is 13.5. The molecule has 0 radical (unpaired) electrons. The number of rotatable bonds is 21. The molecule has 2 atom stereocenters. The van der Waals surface area contributed by atoms with Crippen LogP contribution in [0.2, 0.25) is 0 Å². The maximum atomic E-state index is 13.5. The summed E-state index contributed by atoms with van der Waals surface area (Å²) in [4.78, 5) is 29.1. The lowest BCUT2D eigenvalue weighted by atomic mass is 9.71. The summed E-state index contributed by atoms with van der Waals surface area (Å²) in [6, 6.07) is 6.50. The molecular formula is C36H57NO4. The van der Waals surface area contributed by atoms with Crippen molar-refractivity contribution in [2.24, 2.45) is 10.9 Å². The molecule has 0 saturated carbocycles. The highest BCUT2D eigenvalue weighted by molar-refractivity contribution is 5.97. The molecule has 5 nitrogen and oxygen atoms in total. The Bertz CT molecular complexity index is 993. The summed E-state index contributed by atoms with van der Waals surface area (Å²) in [5, 5.41) is 0. The first-order valence-electron chi connectivity index (χ1n) is 16.4. The van der Waals surface area contributed by atoms with Crippen LogP contribution in [-0.4, -0.2) is 30.9 Å². The molecule has 5 heteroatoms. The van der Waals surface area contributed by atoms with Crippen LogP contribution in [0.25, 0.3) is 0 Å². The first-order valence-corrected chi connectivity index (χ1v) is 16.4. The zero-order chi connectivity index (χ0) is 30.0. The first kappa shape index (κ1) is 34.8. The van der Waals surface area contributed by atoms with Gasteiger partial charge in [-0.15, -0.1) is 0 Å². The van der Waals surface area contributed by atoms with E-state index < -0.39 is 0 Å². The topological polar surface area (TPSA) is 65.0 Å². The molecule has 0 bridgehead atoms. The monoisotopic (exact) mass is 567 g/mol. The minimum absolute atomic E-state index is 0.0418. The van der Waals surface area contributed by atoms with Gasteiger partial charge in [-0.1, -0.05) is 102 Å². The molecule has 0 aromatic heterocycles. The number of hydrogen-bond donors (Lipinski definition) is 0. The molecular weight excluding hydrogens is 510 g/mol. The molecule has 230 valence electrons. The predicted molar refractivity (Wildman–Crippen MR) is 170 cm³/mol. The van der Waals surface area contributed by atoms with E-state index in [0.29, 0.717) is 25.1 Å². The number of esters is 1. The van der Waals surface area contributed by atoms with Gasteiger partial charge in [0.2, 0.25) is 0 Å². The van der Waals surface area contributed by atoms with Crippen LogP contribution in [0, 0.1) is 12.8 Å². The molecule has 0 aliphatic carbocycles. The van der Waals surface area contributed by atoms with Crippen molar-refractivity contribution < 1.29 is 19.1 Å². The zero-order valence-corrected chi connectivity index (χ0v) is 26.9. The fourth-order valence-corrected chi connectivity index (χ4v) is 6.33. The number of aryl methyl sites for hydroxylation is 2. The van der Waals surface area contributed by atoms with E-state index in [4.69, 9.17) is 14.5 Å².